The zero-order valence-corrected chi connectivity index (χ0v) is 12.6. The van der Waals surface area contributed by atoms with Gasteiger partial charge >= 0.3 is 0 Å². The van der Waals surface area contributed by atoms with Gasteiger partial charge in [-0.05, 0) is 37.6 Å². The van der Waals surface area contributed by atoms with Crippen LogP contribution in [0.2, 0.25) is 0 Å². The molecule has 0 spiro atoms. The fraction of sp³-hybridized carbons (Fsp3) is 1.00. The van der Waals surface area contributed by atoms with Crippen molar-refractivity contribution in [3.63, 3.8) is 0 Å². The van der Waals surface area contributed by atoms with Gasteiger partial charge in [-0.25, -0.2) is 0 Å². The Morgan fingerprint density at radius 1 is 1.00 bits per heavy atom. The van der Waals surface area contributed by atoms with Gasteiger partial charge in [-0.3, -0.25) is 0 Å². The summed E-state index contributed by atoms with van der Waals surface area (Å²) in [5.74, 6) is 1.49. The van der Waals surface area contributed by atoms with Crippen LogP contribution in [0.15, 0.2) is 0 Å². The van der Waals surface area contributed by atoms with E-state index in [1.165, 1.54) is 32.1 Å². The molecule has 0 aliphatic carbocycles. The van der Waals surface area contributed by atoms with Gasteiger partial charge < -0.3 is 10.1 Å². The molecule has 0 heterocycles. The van der Waals surface area contributed by atoms with Gasteiger partial charge in [-0.15, -0.1) is 0 Å². The number of ether oxygens (including phenoxy) is 1. The second-order valence-electron chi connectivity index (χ2n) is 5.58. The van der Waals surface area contributed by atoms with E-state index in [4.69, 9.17) is 4.74 Å². The fourth-order valence-electron chi connectivity index (χ4n) is 2.55. The largest absolute Gasteiger partial charge is 0.384 e. The number of hydrogen-bond acceptors (Lipinski definition) is 2. The van der Waals surface area contributed by atoms with Crippen LogP contribution in [0.4, 0.5) is 0 Å². The molecular formula is C15H33NO. The Balaban J connectivity index is 4.02. The number of rotatable bonds is 11. The highest BCUT2D eigenvalue weighted by Gasteiger charge is 2.15. The normalized spacial score (nSPS) is 16.8. The highest BCUT2D eigenvalue weighted by molar-refractivity contribution is 4.72. The van der Waals surface area contributed by atoms with E-state index in [9.17, 15) is 0 Å². The van der Waals surface area contributed by atoms with Crippen LogP contribution in [-0.4, -0.2) is 26.3 Å². The van der Waals surface area contributed by atoms with Crippen molar-refractivity contribution in [3.05, 3.63) is 0 Å². The second-order valence-corrected chi connectivity index (χ2v) is 5.58. The summed E-state index contributed by atoms with van der Waals surface area (Å²) in [6.45, 7) is 11.2. The molecule has 2 heteroatoms. The van der Waals surface area contributed by atoms with Gasteiger partial charge in [0.25, 0.3) is 0 Å². The summed E-state index contributed by atoms with van der Waals surface area (Å²) < 4.78 is 5.23. The fourth-order valence-corrected chi connectivity index (χ4v) is 2.55. The lowest BCUT2D eigenvalue weighted by atomic mass is 9.92. The summed E-state index contributed by atoms with van der Waals surface area (Å²) in [4.78, 5) is 0. The van der Waals surface area contributed by atoms with E-state index in [0.717, 1.165) is 19.1 Å². The van der Waals surface area contributed by atoms with Crippen LogP contribution in [-0.2, 0) is 4.74 Å². The Kier molecular flexibility index (Phi) is 11.0. The van der Waals surface area contributed by atoms with E-state index in [2.05, 4.69) is 33.0 Å². The van der Waals surface area contributed by atoms with Gasteiger partial charge in [0.15, 0.2) is 0 Å². The number of nitrogens with one attached hydrogen (secondary N) is 1. The molecule has 3 atom stereocenters. The smallest absolute Gasteiger partial charge is 0.0488 e. The molecule has 0 aromatic heterocycles. The first-order chi connectivity index (χ1) is 8.13. The third-order valence-electron chi connectivity index (χ3n) is 3.29. The van der Waals surface area contributed by atoms with Crippen LogP contribution < -0.4 is 5.32 Å². The molecule has 104 valence electrons. The molecule has 0 fully saturated rings. The minimum atomic E-state index is 0.656. The molecule has 0 saturated heterocycles. The molecule has 0 bridgehead atoms. The van der Waals surface area contributed by atoms with Crippen molar-refractivity contribution < 1.29 is 4.74 Å². The molecule has 0 amide bonds. The maximum absolute atomic E-state index is 5.23. The molecule has 0 rings (SSSR count). The van der Waals surface area contributed by atoms with Crippen molar-refractivity contribution in [2.24, 2.45) is 11.8 Å². The van der Waals surface area contributed by atoms with E-state index in [0.29, 0.717) is 12.0 Å². The van der Waals surface area contributed by atoms with Gasteiger partial charge in [-0.1, -0.05) is 40.5 Å². The van der Waals surface area contributed by atoms with Gasteiger partial charge in [0, 0.05) is 19.8 Å². The predicted molar refractivity (Wildman–Crippen MR) is 76.4 cm³/mol. The van der Waals surface area contributed by atoms with E-state index >= 15 is 0 Å². The minimum Gasteiger partial charge on any atom is -0.384 e. The first-order valence-corrected chi connectivity index (χ1v) is 7.36. The summed E-state index contributed by atoms with van der Waals surface area (Å²) >= 11 is 0. The predicted octanol–water partition coefficient (Wildman–Crippen LogP) is 3.85. The molecular weight excluding hydrogens is 210 g/mol. The quantitative estimate of drug-likeness (QED) is 0.595. The lowest BCUT2D eigenvalue weighted by Gasteiger charge is -2.24. The third-order valence-corrected chi connectivity index (χ3v) is 3.29. The molecule has 0 saturated carbocycles. The number of hydrogen-bond donors (Lipinski definition) is 1. The Bertz CT molecular complexity index is 147. The van der Waals surface area contributed by atoms with Crippen molar-refractivity contribution in [2.45, 2.75) is 65.8 Å². The van der Waals surface area contributed by atoms with E-state index in [1.807, 2.05) is 0 Å². The third kappa shape index (κ3) is 9.61. The SMILES string of the molecule is CCCNC(CC(C)CCC)CC(C)COC. The Hall–Kier alpha value is -0.0800. The van der Waals surface area contributed by atoms with Crippen LogP contribution >= 0.6 is 0 Å². The first-order valence-electron chi connectivity index (χ1n) is 7.36. The minimum absolute atomic E-state index is 0.656. The Morgan fingerprint density at radius 3 is 2.18 bits per heavy atom. The van der Waals surface area contributed by atoms with Crippen LogP contribution in [0, 0.1) is 11.8 Å². The van der Waals surface area contributed by atoms with Crippen LogP contribution in [0.25, 0.3) is 0 Å². The molecule has 0 radical (unpaired) electrons. The molecule has 17 heavy (non-hydrogen) atoms. The van der Waals surface area contributed by atoms with Crippen LogP contribution in [0.3, 0.4) is 0 Å². The topological polar surface area (TPSA) is 21.3 Å². The summed E-state index contributed by atoms with van der Waals surface area (Å²) in [6, 6.07) is 0.668. The average Bonchev–Trinajstić information content (AvgIpc) is 2.26. The van der Waals surface area contributed by atoms with E-state index < -0.39 is 0 Å². The summed E-state index contributed by atoms with van der Waals surface area (Å²) in [5, 5.41) is 3.69. The molecule has 0 aliphatic heterocycles. The monoisotopic (exact) mass is 243 g/mol. The molecule has 0 aromatic rings. The van der Waals surface area contributed by atoms with Crippen molar-refractivity contribution in [1.29, 1.82) is 0 Å². The lowest BCUT2D eigenvalue weighted by molar-refractivity contribution is 0.146. The summed E-state index contributed by atoms with van der Waals surface area (Å²) in [6.07, 6.45) is 6.42. The lowest BCUT2D eigenvalue weighted by Crippen LogP contribution is -2.33. The maximum Gasteiger partial charge on any atom is 0.0488 e. The second kappa shape index (κ2) is 11.0. The highest BCUT2D eigenvalue weighted by Crippen LogP contribution is 2.17. The maximum atomic E-state index is 5.23. The van der Waals surface area contributed by atoms with Gasteiger partial charge in [0.05, 0.1) is 0 Å². The van der Waals surface area contributed by atoms with Crippen LogP contribution in [0.1, 0.15) is 59.8 Å². The summed E-state index contributed by atoms with van der Waals surface area (Å²) in [7, 11) is 1.80. The van der Waals surface area contributed by atoms with Gasteiger partial charge in [0.1, 0.15) is 0 Å². The van der Waals surface area contributed by atoms with Gasteiger partial charge in [-0.2, -0.15) is 0 Å². The Labute approximate surface area is 109 Å². The molecule has 0 aromatic carbocycles. The summed E-state index contributed by atoms with van der Waals surface area (Å²) in [5.41, 5.74) is 0. The number of methoxy groups -OCH3 is 1. The van der Waals surface area contributed by atoms with E-state index in [-0.39, 0.29) is 0 Å². The van der Waals surface area contributed by atoms with Crippen molar-refractivity contribution in [1.82, 2.24) is 5.32 Å². The van der Waals surface area contributed by atoms with E-state index in [1.54, 1.807) is 7.11 Å². The molecule has 2 nitrogen and oxygen atoms in total. The highest BCUT2D eigenvalue weighted by atomic mass is 16.5. The molecule has 0 aliphatic rings. The first kappa shape index (κ1) is 16.9. The molecule has 3 unspecified atom stereocenters. The molecule has 1 N–H and O–H groups in total. The zero-order chi connectivity index (χ0) is 13.1. The standard InChI is InChI=1S/C15H33NO/c1-6-8-13(3)10-15(16-9-7-2)11-14(4)12-17-5/h13-16H,6-12H2,1-5H3. The van der Waals surface area contributed by atoms with Crippen molar-refractivity contribution in [3.8, 4) is 0 Å². The van der Waals surface area contributed by atoms with Crippen molar-refractivity contribution in [2.75, 3.05) is 20.3 Å². The van der Waals surface area contributed by atoms with Crippen molar-refractivity contribution >= 4 is 0 Å². The Morgan fingerprint density at radius 2 is 1.65 bits per heavy atom. The zero-order valence-electron chi connectivity index (χ0n) is 12.6. The average molecular weight is 243 g/mol. The van der Waals surface area contributed by atoms with Crippen LogP contribution in [0.5, 0.6) is 0 Å². The van der Waals surface area contributed by atoms with Gasteiger partial charge in [0.2, 0.25) is 0 Å².